The van der Waals surface area contributed by atoms with Crippen molar-refractivity contribution in [2.45, 2.75) is 50.4 Å². The van der Waals surface area contributed by atoms with Gasteiger partial charge in [0.2, 0.25) is 11.8 Å². The van der Waals surface area contributed by atoms with E-state index < -0.39 is 24.7 Å². The van der Waals surface area contributed by atoms with E-state index in [0.29, 0.717) is 0 Å². The van der Waals surface area contributed by atoms with E-state index in [0.717, 1.165) is 24.2 Å². The molecule has 3 N–H and O–H groups in total. The highest BCUT2D eigenvalue weighted by molar-refractivity contribution is 5.89. The molecular weight excluding hydrogens is 323 g/mol. The molecule has 1 saturated carbocycles. The highest BCUT2D eigenvalue weighted by atomic mass is 35.5. The molecular formula is C13H21ClF3N3O2. The van der Waals surface area contributed by atoms with Crippen molar-refractivity contribution in [1.82, 2.24) is 10.2 Å². The summed E-state index contributed by atoms with van der Waals surface area (Å²) in [6.07, 6.45) is -1.19. The Morgan fingerprint density at radius 3 is 2.55 bits per heavy atom. The number of likely N-dealkylation sites (tertiary alicyclic amines) is 1. The van der Waals surface area contributed by atoms with Crippen LogP contribution in [0.5, 0.6) is 0 Å². The largest absolute Gasteiger partial charge is 0.406 e. The SMILES string of the molecule is Cl.N[C@@H]1CCC[C@H]1CC(=O)NC1CCN(CC(F)(F)F)C1=O. The van der Waals surface area contributed by atoms with E-state index in [1.807, 2.05) is 0 Å². The molecule has 128 valence electrons. The highest BCUT2D eigenvalue weighted by Gasteiger charge is 2.40. The first-order valence-electron chi connectivity index (χ1n) is 7.17. The normalized spacial score (nSPS) is 28.6. The van der Waals surface area contributed by atoms with Crippen molar-refractivity contribution in [2.75, 3.05) is 13.1 Å². The van der Waals surface area contributed by atoms with Gasteiger partial charge in [0, 0.05) is 19.0 Å². The summed E-state index contributed by atoms with van der Waals surface area (Å²) in [6.45, 7) is -1.24. The Hall–Kier alpha value is -1.02. The molecule has 0 aromatic rings. The number of hydrogen-bond acceptors (Lipinski definition) is 3. The minimum absolute atomic E-state index is 0. The van der Waals surface area contributed by atoms with Crippen molar-refractivity contribution >= 4 is 24.2 Å². The molecule has 1 heterocycles. The van der Waals surface area contributed by atoms with Crippen LogP contribution in [0.2, 0.25) is 0 Å². The first kappa shape index (κ1) is 19.0. The van der Waals surface area contributed by atoms with Crippen LogP contribution in [0.1, 0.15) is 32.1 Å². The van der Waals surface area contributed by atoms with Gasteiger partial charge in [-0.05, 0) is 25.2 Å². The summed E-state index contributed by atoms with van der Waals surface area (Å²) >= 11 is 0. The van der Waals surface area contributed by atoms with Crippen molar-refractivity contribution in [1.29, 1.82) is 0 Å². The molecule has 0 radical (unpaired) electrons. The lowest BCUT2D eigenvalue weighted by Crippen LogP contribution is -2.44. The van der Waals surface area contributed by atoms with Crippen molar-refractivity contribution < 1.29 is 22.8 Å². The average molecular weight is 344 g/mol. The van der Waals surface area contributed by atoms with Gasteiger partial charge in [-0.1, -0.05) is 6.42 Å². The van der Waals surface area contributed by atoms with E-state index >= 15 is 0 Å². The Bertz CT molecular complexity index is 420. The maximum atomic E-state index is 12.3. The van der Waals surface area contributed by atoms with E-state index in [1.165, 1.54) is 0 Å². The lowest BCUT2D eigenvalue weighted by atomic mass is 9.99. The van der Waals surface area contributed by atoms with Gasteiger partial charge in [-0.25, -0.2) is 0 Å². The standard InChI is InChI=1S/C13H20F3N3O2.ClH/c14-13(15,16)7-19-5-4-10(12(19)21)18-11(20)6-8-2-1-3-9(8)17;/h8-10H,1-7,17H2,(H,18,20);1H/t8-,9+,10?;/m0./s1. The summed E-state index contributed by atoms with van der Waals surface area (Å²) in [6, 6.07) is -0.839. The molecule has 1 unspecified atom stereocenters. The zero-order valence-electron chi connectivity index (χ0n) is 12.1. The van der Waals surface area contributed by atoms with Gasteiger partial charge < -0.3 is 16.0 Å². The monoisotopic (exact) mass is 343 g/mol. The van der Waals surface area contributed by atoms with Crippen molar-refractivity contribution in [3.63, 3.8) is 0 Å². The minimum atomic E-state index is -4.41. The predicted molar refractivity (Wildman–Crippen MR) is 76.4 cm³/mol. The number of amides is 2. The van der Waals surface area contributed by atoms with Gasteiger partial charge in [0.05, 0.1) is 0 Å². The Kier molecular flexibility index (Phi) is 6.49. The van der Waals surface area contributed by atoms with Gasteiger partial charge >= 0.3 is 6.18 Å². The van der Waals surface area contributed by atoms with E-state index in [4.69, 9.17) is 5.73 Å². The number of hydrogen-bond donors (Lipinski definition) is 2. The number of carbonyl (C=O) groups is 2. The molecule has 0 aromatic heterocycles. The van der Waals surface area contributed by atoms with E-state index in [9.17, 15) is 22.8 Å². The van der Waals surface area contributed by atoms with Crippen molar-refractivity contribution in [3.8, 4) is 0 Å². The molecule has 0 aromatic carbocycles. The molecule has 3 atom stereocenters. The third kappa shape index (κ3) is 5.01. The smallest absolute Gasteiger partial charge is 0.344 e. The summed E-state index contributed by atoms with van der Waals surface area (Å²) in [7, 11) is 0. The van der Waals surface area contributed by atoms with Crippen LogP contribution in [0.3, 0.4) is 0 Å². The number of nitrogens with one attached hydrogen (secondary N) is 1. The topological polar surface area (TPSA) is 75.4 Å². The molecule has 2 amide bonds. The molecule has 22 heavy (non-hydrogen) atoms. The third-order valence-electron chi connectivity index (χ3n) is 4.17. The number of halogens is 4. The summed E-state index contributed by atoms with van der Waals surface area (Å²) in [5.41, 5.74) is 5.87. The Balaban J connectivity index is 0.00000242. The predicted octanol–water partition coefficient (Wildman–Crippen LogP) is 1.21. The van der Waals surface area contributed by atoms with Crippen LogP contribution in [0.4, 0.5) is 13.2 Å². The summed E-state index contributed by atoms with van der Waals surface area (Å²) in [5, 5.41) is 2.54. The second kappa shape index (κ2) is 7.50. The maximum Gasteiger partial charge on any atom is 0.406 e. The van der Waals surface area contributed by atoms with Gasteiger partial charge in [-0.2, -0.15) is 13.2 Å². The van der Waals surface area contributed by atoms with Gasteiger partial charge in [0.15, 0.2) is 0 Å². The number of nitrogens with two attached hydrogens (primary N) is 1. The third-order valence-corrected chi connectivity index (χ3v) is 4.17. The Morgan fingerprint density at radius 1 is 1.32 bits per heavy atom. The molecule has 5 nitrogen and oxygen atoms in total. The fourth-order valence-corrected chi connectivity index (χ4v) is 3.06. The Morgan fingerprint density at radius 2 is 2.00 bits per heavy atom. The van der Waals surface area contributed by atoms with Gasteiger partial charge in [-0.15, -0.1) is 12.4 Å². The van der Waals surface area contributed by atoms with Crippen LogP contribution < -0.4 is 11.1 Å². The first-order chi connectivity index (χ1) is 9.76. The quantitative estimate of drug-likeness (QED) is 0.805. The molecule has 2 fully saturated rings. The first-order valence-corrected chi connectivity index (χ1v) is 7.17. The zero-order valence-corrected chi connectivity index (χ0v) is 12.9. The molecule has 1 aliphatic heterocycles. The molecule has 1 saturated heterocycles. The minimum Gasteiger partial charge on any atom is -0.344 e. The van der Waals surface area contributed by atoms with Crippen LogP contribution in [0.25, 0.3) is 0 Å². The molecule has 1 aliphatic carbocycles. The number of nitrogens with zero attached hydrogens (tertiary/aromatic N) is 1. The average Bonchev–Trinajstić information content (AvgIpc) is 2.89. The fourth-order valence-electron chi connectivity index (χ4n) is 3.06. The number of carbonyl (C=O) groups excluding carboxylic acids is 2. The molecule has 0 spiro atoms. The number of alkyl halides is 3. The van der Waals surface area contributed by atoms with Crippen LogP contribution in [0, 0.1) is 5.92 Å². The summed E-state index contributed by atoms with van der Waals surface area (Å²) in [4.78, 5) is 24.4. The molecule has 2 rings (SSSR count). The van der Waals surface area contributed by atoms with Gasteiger partial charge in [-0.3, -0.25) is 9.59 Å². The van der Waals surface area contributed by atoms with Crippen molar-refractivity contribution in [2.24, 2.45) is 11.7 Å². The van der Waals surface area contributed by atoms with E-state index in [2.05, 4.69) is 5.32 Å². The van der Waals surface area contributed by atoms with E-state index in [1.54, 1.807) is 0 Å². The van der Waals surface area contributed by atoms with Gasteiger partial charge in [0.25, 0.3) is 0 Å². The van der Waals surface area contributed by atoms with Crippen LogP contribution in [0.15, 0.2) is 0 Å². The summed E-state index contributed by atoms with van der Waals surface area (Å²) in [5.74, 6) is -0.853. The van der Waals surface area contributed by atoms with Crippen LogP contribution in [-0.2, 0) is 9.59 Å². The second-order valence-corrected chi connectivity index (χ2v) is 5.84. The molecule has 0 bridgehead atoms. The number of rotatable bonds is 4. The summed E-state index contributed by atoms with van der Waals surface area (Å²) < 4.78 is 36.9. The van der Waals surface area contributed by atoms with Crippen LogP contribution >= 0.6 is 12.4 Å². The second-order valence-electron chi connectivity index (χ2n) is 5.84. The lowest BCUT2D eigenvalue weighted by Gasteiger charge is -2.19. The Labute approximate surface area is 133 Å². The van der Waals surface area contributed by atoms with Crippen molar-refractivity contribution in [3.05, 3.63) is 0 Å². The van der Waals surface area contributed by atoms with E-state index in [-0.39, 0.29) is 49.7 Å². The molecule has 9 heteroatoms. The van der Waals surface area contributed by atoms with Crippen LogP contribution in [-0.4, -0.2) is 48.1 Å². The molecule has 2 aliphatic rings. The maximum absolute atomic E-state index is 12.3. The van der Waals surface area contributed by atoms with Gasteiger partial charge in [0.1, 0.15) is 12.6 Å². The highest BCUT2D eigenvalue weighted by Crippen LogP contribution is 2.27. The zero-order chi connectivity index (χ0) is 15.6. The lowest BCUT2D eigenvalue weighted by molar-refractivity contribution is -0.158. The fraction of sp³-hybridized carbons (Fsp3) is 0.846.